The molecule has 0 aliphatic rings. The summed E-state index contributed by atoms with van der Waals surface area (Å²) in [4.78, 5) is 22.7. The number of rotatable bonds is 8. The minimum atomic E-state index is -4.41. The zero-order valence-corrected chi connectivity index (χ0v) is 15.9. The molecule has 156 valence electrons. The van der Waals surface area contributed by atoms with Gasteiger partial charge in [-0.25, -0.2) is 4.79 Å². The average Bonchev–Trinajstić information content (AvgIpc) is 2.69. The lowest BCUT2D eigenvalue weighted by Crippen LogP contribution is -2.33. The van der Waals surface area contributed by atoms with Crippen LogP contribution in [0.15, 0.2) is 48.5 Å². The van der Waals surface area contributed by atoms with Crippen LogP contribution in [-0.2, 0) is 20.5 Å². The highest BCUT2D eigenvalue weighted by Gasteiger charge is 2.30. The topological polar surface area (TPSA) is 73.9 Å². The second-order valence-corrected chi connectivity index (χ2v) is 5.96. The molecule has 0 radical (unpaired) electrons. The Hall–Kier alpha value is -2.94. The molecule has 1 N–H and O–H groups in total. The van der Waals surface area contributed by atoms with Crippen LogP contribution in [0.4, 0.5) is 13.2 Å². The molecular weight excluding hydrogens is 415 g/mol. The van der Waals surface area contributed by atoms with Gasteiger partial charge in [-0.15, -0.1) is 11.6 Å². The van der Waals surface area contributed by atoms with Crippen LogP contribution in [0.25, 0.3) is 0 Å². The Kier molecular flexibility index (Phi) is 7.72. The molecule has 0 saturated heterocycles. The first-order valence-corrected chi connectivity index (χ1v) is 8.83. The molecular formula is C19H17ClF3NO5. The predicted molar refractivity (Wildman–Crippen MR) is 97.9 cm³/mol. The molecule has 1 atom stereocenters. The minimum absolute atomic E-state index is 0.239. The fourth-order valence-corrected chi connectivity index (χ4v) is 2.13. The highest BCUT2D eigenvalue weighted by atomic mass is 35.5. The molecule has 0 fully saturated rings. The largest absolute Gasteiger partial charge is 0.479 e. The Morgan fingerprint density at radius 1 is 1.00 bits per heavy atom. The summed E-state index contributed by atoms with van der Waals surface area (Å²) < 4.78 is 53.4. The van der Waals surface area contributed by atoms with Gasteiger partial charge >= 0.3 is 12.1 Å². The Balaban J connectivity index is 1.86. The molecule has 1 unspecified atom stereocenters. The maximum absolute atomic E-state index is 12.6. The highest BCUT2D eigenvalue weighted by Crippen LogP contribution is 2.31. The number of halogens is 4. The molecule has 0 spiro atoms. The quantitative estimate of drug-likeness (QED) is 0.386. The molecule has 6 nitrogen and oxygen atoms in total. The number of hydrogen-bond acceptors (Lipinski definition) is 5. The molecule has 0 saturated carbocycles. The van der Waals surface area contributed by atoms with E-state index >= 15 is 0 Å². The number of amides is 1. The summed E-state index contributed by atoms with van der Waals surface area (Å²) in [5.41, 5.74) is -0.767. The summed E-state index contributed by atoms with van der Waals surface area (Å²) in [6.45, 7) is 1.15. The third-order valence-electron chi connectivity index (χ3n) is 3.49. The fraction of sp³-hybridized carbons (Fsp3) is 0.263. The van der Waals surface area contributed by atoms with Crippen LogP contribution in [0.5, 0.6) is 17.2 Å². The van der Waals surface area contributed by atoms with Gasteiger partial charge in [0.25, 0.3) is 0 Å². The normalized spacial score (nSPS) is 12.0. The lowest BCUT2D eigenvalue weighted by Gasteiger charge is -2.14. The van der Waals surface area contributed by atoms with Crippen LogP contribution in [-0.4, -0.2) is 30.6 Å². The number of alkyl halides is 4. The fourth-order valence-electron chi connectivity index (χ4n) is 2.04. The molecule has 10 heteroatoms. The molecule has 0 aliphatic heterocycles. The van der Waals surface area contributed by atoms with E-state index in [1.165, 1.54) is 43.3 Å². The third-order valence-corrected chi connectivity index (χ3v) is 3.73. The molecule has 0 heterocycles. The lowest BCUT2D eigenvalue weighted by molar-refractivity contribution is -0.152. The summed E-state index contributed by atoms with van der Waals surface area (Å²) in [7, 11) is 0. The number of ether oxygens (including phenoxy) is 3. The number of carbonyl (C=O) groups is 2. The standard InChI is InChI=1S/C19H17ClF3NO5/c1-12(18(26)27-11-24-17(25)10-20)28-14-6-8-16(9-7-14)29-15-4-2-13(3-5-15)19(21,22)23/h2-9,12H,10-11H2,1H3,(H,24,25). The van der Waals surface area contributed by atoms with Gasteiger partial charge in [-0.1, -0.05) is 0 Å². The van der Waals surface area contributed by atoms with E-state index in [0.29, 0.717) is 11.5 Å². The van der Waals surface area contributed by atoms with E-state index in [1.807, 2.05) is 0 Å². The van der Waals surface area contributed by atoms with Gasteiger partial charge in [-0.3, -0.25) is 4.79 Å². The van der Waals surface area contributed by atoms with E-state index in [2.05, 4.69) is 5.32 Å². The van der Waals surface area contributed by atoms with Crippen molar-refractivity contribution in [3.8, 4) is 17.2 Å². The van der Waals surface area contributed by atoms with Gasteiger partial charge in [-0.05, 0) is 55.5 Å². The lowest BCUT2D eigenvalue weighted by atomic mass is 10.2. The first kappa shape index (κ1) is 22.4. The van der Waals surface area contributed by atoms with Gasteiger partial charge in [0.2, 0.25) is 5.91 Å². The van der Waals surface area contributed by atoms with E-state index < -0.39 is 29.7 Å². The van der Waals surface area contributed by atoms with Crippen LogP contribution in [0.2, 0.25) is 0 Å². The van der Waals surface area contributed by atoms with Crippen LogP contribution >= 0.6 is 11.6 Å². The van der Waals surface area contributed by atoms with Crippen molar-refractivity contribution < 1.29 is 37.0 Å². The number of hydrogen-bond donors (Lipinski definition) is 1. The molecule has 0 aromatic heterocycles. The van der Waals surface area contributed by atoms with E-state index in [-0.39, 0.29) is 18.4 Å². The maximum Gasteiger partial charge on any atom is 0.416 e. The SMILES string of the molecule is CC(Oc1ccc(Oc2ccc(C(F)(F)F)cc2)cc1)C(=O)OCNC(=O)CCl. The third kappa shape index (κ3) is 7.19. The van der Waals surface area contributed by atoms with Gasteiger partial charge in [0.05, 0.1) is 5.56 Å². The predicted octanol–water partition coefficient (Wildman–Crippen LogP) is 4.12. The molecule has 29 heavy (non-hydrogen) atoms. The van der Waals surface area contributed by atoms with Crippen molar-refractivity contribution in [1.29, 1.82) is 0 Å². The van der Waals surface area contributed by atoms with Crippen molar-refractivity contribution in [2.24, 2.45) is 0 Å². The second kappa shape index (κ2) is 10.0. The van der Waals surface area contributed by atoms with Crippen molar-refractivity contribution in [1.82, 2.24) is 5.32 Å². The zero-order chi connectivity index (χ0) is 21.4. The monoisotopic (exact) mass is 431 g/mol. The van der Waals surface area contributed by atoms with Crippen molar-refractivity contribution in [2.45, 2.75) is 19.2 Å². The minimum Gasteiger partial charge on any atom is -0.479 e. The summed E-state index contributed by atoms with van der Waals surface area (Å²) >= 11 is 5.29. The van der Waals surface area contributed by atoms with Gasteiger partial charge in [0.15, 0.2) is 12.8 Å². The van der Waals surface area contributed by atoms with Crippen molar-refractivity contribution in [2.75, 3.05) is 12.6 Å². The molecule has 2 aromatic rings. The van der Waals surface area contributed by atoms with Gasteiger partial charge < -0.3 is 19.5 Å². The highest BCUT2D eigenvalue weighted by molar-refractivity contribution is 6.27. The van der Waals surface area contributed by atoms with Crippen molar-refractivity contribution >= 4 is 23.5 Å². The van der Waals surface area contributed by atoms with Crippen LogP contribution in [0.3, 0.4) is 0 Å². The summed E-state index contributed by atoms with van der Waals surface area (Å²) in [5.74, 6) is -0.454. The van der Waals surface area contributed by atoms with E-state index in [4.69, 9.17) is 25.8 Å². The van der Waals surface area contributed by atoms with Crippen LogP contribution < -0.4 is 14.8 Å². The Labute approximate surface area is 169 Å². The van der Waals surface area contributed by atoms with Crippen molar-refractivity contribution in [3.63, 3.8) is 0 Å². The summed E-state index contributed by atoms with van der Waals surface area (Å²) in [5, 5.41) is 2.28. The smallest absolute Gasteiger partial charge is 0.416 e. The van der Waals surface area contributed by atoms with E-state index in [0.717, 1.165) is 12.1 Å². The summed E-state index contributed by atoms with van der Waals surface area (Å²) in [6.07, 6.45) is -5.35. The number of esters is 1. The van der Waals surface area contributed by atoms with Crippen LogP contribution in [0, 0.1) is 0 Å². The molecule has 1 amide bonds. The van der Waals surface area contributed by atoms with Gasteiger partial charge in [0, 0.05) is 0 Å². The second-order valence-electron chi connectivity index (χ2n) is 5.70. The molecule has 2 rings (SSSR count). The molecule has 2 aromatic carbocycles. The zero-order valence-electron chi connectivity index (χ0n) is 15.2. The number of carbonyl (C=O) groups excluding carboxylic acids is 2. The van der Waals surface area contributed by atoms with E-state index in [9.17, 15) is 22.8 Å². The Bertz CT molecular complexity index is 825. The van der Waals surface area contributed by atoms with Gasteiger partial charge in [0.1, 0.15) is 23.1 Å². The Morgan fingerprint density at radius 2 is 1.52 bits per heavy atom. The maximum atomic E-state index is 12.6. The first-order chi connectivity index (χ1) is 13.7. The molecule has 0 aliphatic carbocycles. The van der Waals surface area contributed by atoms with Gasteiger partial charge in [-0.2, -0.15) is 13.2 Å². The van der Waals surface area contributed by atoms with Crippen molar-refractivity contribution in [3.05, 3.63) is 54.1 Å². The number of nitrogens with one attached hydrogen (secondary N) is 1. The molecule has 0 bridgehead atoms. The van der Waals surface area contributed by atoms with Crippen LogP contribution in [0.1, 0.15) is 12.5 Å². The Morgan fingerprint density at radius 3 is 2.03 bits per heavy atom. The van der Waals surface area contributed by atoms with E-state index in [1.54, 1.807) is 0 Å². The number of benzene rings is 2. The summed E-state index contributed by atoms with van der Waals surface area (Å²) in [6, 6.07) is 10.4. The average molecular weight is 432 g/mol. The first-order valence-electron chi connectivity index (χ1n) is 8.30.